The van der Waals surface area contributed by atoms with Crippen LogP contribution in [0.1, 0.15) is 26.3 Å². The molecule has 1 fully saturated rings. The molecule has 0 radical (unpaired) electrons. The van der Waals surface area contributed by atoms with Gasteiger partial charge in [-0.15, -0.1) is 0 Å². The number of halogens is 2. The Balaban J connectivity index is 1.43. The van der Waals surface area contributed by atoms with Crippen molar-refractivity contribution in [1.29, 1.82) is 0 Å². The summed E-state index contributed by atoms with van der Waals surface area (Å²) in [6, 6.07) is 13.7. The van der Waals surface area contributed by atoms with E-state index in [4.69, 9.17) is 27.9 Å². The SMILES string of the molecule is CC(C)(C)c1ccc(S(=O)(=O)N2CCN(c3nccc(Oc4cc(Cl)cc(Cl)c4)n3)CC2)cc1. The van der Waals surface area contributed by atoms with Gasteiger partial charge in [0.2, 0.25) is 21.9 Å². The van der Waals surface area contributed by atoms with Gasteiger partial charge in [0.15, 0.2) is 0 Å². The molecule has 4 rings (SSSR count). The first-order valence-electron chi connectivity index (χ1n) is 10.8. The number of piperazine rings is 1. The van der Waals surface area contributed by atoms with Gasteiger partial charge in [0.1, 0.15) is 5.75 Å². The highest BCUT2D eigenvalue weighted by Gasteiger charge is 2.29. The fraction of sp³-hybridized carbons (Fsp3) is 0.333. The first-order valence-corrected chi connectivity index (χ1v) is 13.0. The van der Waals surface area contributed by atoms with Crippen LogP contribution in [0.25, 0.3) is 0 Å². The molecule has 180 valence electrons. The summed E-state index contributed by atoms with van der Waals surface area (Å²) in [5, 5.41) is 0.921. The second-order valence-corrected chi connectivity index (χ2v) is 11.9. The first kappa shape index (κ1) is 24.7. The molecule has 7 nitrogen and oxygen atoms in total. The minimum Gasteiger partial charge on any atom is -0.439 e. The topological polar surface area (TPSA) is 75.6 Å². The van der Waals surface area contributed by atoms with Gasteiger partial charge in [-0.3, -0.25) is 0 Å². The van der Waals surface area contributed by atoms with Crippen molar-refractivity contribution >= 4 is 39.2 Å². The first-order chi connectivity index (χ1) is 16.0. The van der Waals surface area contributed by atoms with Crippen LogP contribution in [0, 0.1) is 0 Å². The van der Waals surface area contributed by atoms with Crippen LogP contribution in [0.3, 0.4) is 0 Å². The fourth-order valence-corrected chi connectivity index (χ4v) is 5.58. The average molecular weight is 521 g/mol. The minimum absolute atomic E-state index is 0.0365. The van der Waals surface area contributed by atoms with E-state index in [2.05, 4.69) is 30.7 Å². The third-order valence-corrected chi connectivity index (χ3v) is 7.90. The molecule has 2 heterocycles. The van der Waals surface area contributed by atoms with Crippen molar-refractivity contribution in [2.75, 3.05) is 31.1 Å². The highest BCUT2D eigenvalue weighted by Crippen LogP contribution is 2.29. The van der Waals surface area contributed by atoms with Crippen molar-refractivity contribution in [2.24, 2.45) is 0 Å². The summed E-state index contributed by atoms with van der Waals surface area (Å²) in [5.41, 5.74) is 1.06. The average Bonchev–Trinajstić information content (AvgIpc) is 2.78. The molecule has 34 heavy (non-hydrogen) atoms. The highest BCUT2D eigenvalue weighted by atomic mass is 35.5. The highest BCUT2D eigenvalue weighted by molar-refractivity contribution is 7.89. The molecule has 10 heteroatoms. The van der Waals surface area contributed by atoms with Crippen LogP contribution in [0.2, 0.25) is 10.0 Å². The van der Waals surface area contributed by atoms with Crippen LogP contribution in [-0.4, -0.2) is 48.9 Å². The Morgan fingerprint density at radius 3 is 2.12 bits per heavy atom. The maximum absolute atomic E-state index is 13.1. The molecule has 1 aliphatic rings. The number of aromatic nitrogens is 2. The molecular formula is C24H26Cl2N4O3S. The predicted molar refractivity (Wildman–Crippen MR) is 135 cm³/mol. The molecule has 3 aromatic rings. The zero-order valence-electron chi connectivity index (χ0n) is 19.2. The maximum Gasteiger partial charge on any atom is 0.243 e. The summed E-state index contributed by atoms with van der Waals surface area (Å²) in [4.78, 5) is 11.0. The number of hydrogen-bond donors (Lipinski definition) is 0. The Morgan fingerprint density at radius 1 is 0.912 bits per heavy atom. The van der Waals surface area contributed by atoms with E-state index in [0.717, 1.165) is 5.56 Å². The number of hydrogen-bond acceptors (Lipinski definition) is 6. The normalized spacial score (nSPS) is 15.4. The lowest BCUT2D eigenvalue weighted by atomic mass is 9.87. The van der Waals surface area contributed by atoms with Gasteiger partial charge >= 0.3 is 0 Å². The van der Waals surface area contributed by atoms with E-state index < -0.39 is 10.0 Å². The van der Waals surface area contributed by atoms with E-state index in [-0.39, 0.29) is 5.41 Å². The van der Waals surface area contributed by atoms with Crippen molar-refractivity contribution in [3.05, 3.63) is 70.3 Å². The molecule has 1 aliphatic heterocycles. The van der Waals surface area contributed by atoms with Gasteiger partial charge in [-0.05, 0) is 41.3 Å². The standard InChI is InChI=1S/C24H26Cl2N4O3S/c1-24(2,3)17-4-6-21(7-5-17)34(31,32)30-12-10-29(11-13-30)23-27-9-8-22(28-23)33-20-15-18(25)14-19(26)16-20/h4-9,14-16H,10-13H2,1-3H3. The van der Waals surface area contributed by atoms with Crippen LogP contribution < -0.4 is 9.64 Å². The third-order valence-electron chi connectivity index (χ3n) is 5.56. The summed E-state index contributed by atoms with van der Waals surface area (Å²) >= 11 is 12.1. The molecule has 0 spiro atoms. The number of ether oxygens (including phenoxy) is 1. The molecule has 2 aromatic carbocycles. The zero-order chi connectivity index (χ0) is 24.5. The number of anilines is 1. The van der Waals surface area contributed by atoms with Crippen LogP contribution in [-0.2, 0) is 15.4 Å². The second-order valence-electron chi connectivity index (χ2n) is 9.07. The van der Waals surface area contributed by atoms with Gasteiger partial charge in [-0.2, -0.15) is 9.29 Å². The Bertz CT molecular complexity index is 1250. The van der Waals surface area contributed by atoms with Gasteiger partial charge in [-0.1, -0.05) is 56.1 Å². The Morgan fingerprint density at radius 2 is 1.53 bits per heavy atom. The number of nitrogens with zero attached hydrogens (tertiary/aromatic N) is 4. The molecule has 0 aliphatic carbocycles. The van der Waals surface area contributed by atoms with Crippen LogP contribution in [0.5, 0.6) is 11.6 Å². The third kappa shape index (κ3) is 5.63. The van der Waals surface area contributed by atoms with E-state index in [1.54, 1.807) is 42.6 Å². The van der Waals surface area contributed by atoms with Gasteiger partial charge in [0.05, 0.1) is 4.90 Å². The smallest absolute Gasteiger partial charge is 0.243 e. The van der Waals surface area contributed by atoms with Gasteiger partial charge < -0.3 is 9.64 Å². The molecule has 0 bridgehead atoms. The largest absolute Gasteiger partial charge is 0.439 e. The summed E-state index contributed by atoms with van der Waals surface area (Å²) in [5.74, 6) is 1.28. The van der Waals surface area contributed by atoms with Crippen molar-refractivity contribution in [2.45, 2.75) is 31.1 Å². The van der Waals surface area contributed by atoms with Gasteiger partial charge in [0.25, 0.3) is 0 Å². The lowest BCUT2D eigenvalue weighted by Crippen LogP contribution is -2.49. The van der Waals surface area contributed by atoms with E-state index in [9.17, 15) is 8.42 Å². The molecule has 0 saturated carbocycles. The Kier molecular flexibility index (Phi) is 7.05. The van der Waals surface area contributed by atoms with Gasteiger partial charge in [-0.25, -0.2) is 13.4 Å². The van der Waals surface area contributed by atoms with Crippen LogP contribution in [0.15, 0.2) is 59.6 Å². The molecule has 0 amide bonds. The second kappa shape index (κ2) is 9.70. The van der Waals surface area contributed by atoms with E-state index in [1.165, 1.54) is 4.31 Å². The summed E-state index contributed by atoms with van der Waals surface area (Å²) in [6.07, 6.45) is 1.60. The van der Waals surface area contributed by atoms with E-state index >= 15 is 0 Å². The van der Waals surface area contributed by atoms with Gasteiger partial charge in [0, 0.05) is 48.5 Å². The lowest BCUT2D eigenvalue weighted by Gasteiger charge is -2.34. The lowest BCUT2D eigenvalue weighted by molar-refractivity contribution is 0.381. The van der Waals surface area contributed by atoms with Crippen LogP contribution >= 0.6 is 23.2 Å². The van der Waals surface area contributed by atoms with E-state index in [1.807, 2.05) is 17.0 Å². The Labute approximate surface area is 210 Å². The quantitative estimate of drug-likeness (QED) is 0.449. The number of benzene rings is 2. The molecule has 0 atom stereocenters. The summed E-state index contributed by atoms with van der Waals surface area (Å²) in [7, 11) is -3.57. The zero-order valence-corrected chi connectivity index (χ0v) is 21.5. The summed E-state index contributed by atoms with van der Waals surface area (Å²) < 4.78 is 33.6. The van der Waals surface area contributed by atoms with Crippen LogP contribution in [0.4, 0.5) is 5.95 Å². The van der Waals surface area contributed by atoms with E-state index in [0.29, 0.717) is 58.7 Å². The molecule has 1 saturated heterocycles. The molecule has 1 aromatic heterocycles. The monoisotopic (exact) mass is 520 g/mol. The van der Waals surface area contributed by atoms with Crippen molar-refractivity contribution in [3.63, 3.8) is 0 Å². The predicted octanol–water partition coefficient (Wildman–Crippen LogP) is 5.38. The number of sulfonamides is 1. The fourth-order valence-electron chi connectivity index (χ4n) is 3.65. The summed E-state index contributed by atoms with van der Waals surface area (Å²) in [6.45, 7) is 7.90. The Hall–Kier alpha value is -2.39. The van der Waals surface area contributed by atoms with Crippen molar-refractivity contribution < 1.29 is 13.2 Å². The number of rotatable bonds is 5. The molecular weight excluding hydrogens is 495 g/mol. The van der Waals surface area contributed by atoms with Crippen molar-refractivity contribution in [1.82, 2.24) is 14.3 Å². The maximum atomic E-state index is 13.1. The van der Waals surface area contributed by atoms with Crippen molar-refractivity contribution in [3.8, 4) is 11.6 Å². The molecule has 0 unspecified atom stereocenters. The minimum atomic E-state index is -3.57. The molecule has 0 N–H and O–H groups in total.